The van der Waals surface area contributed by atoms with Gasteiger partial charge in [-0.3, -0.25) is 0 Å². The Hall–Kier alpha value is -4.63. The summed E-state index contributed by atoms with van der Waals surface area (Å²) in [7, 11) is -5.82. The molecule has 0 bridgehead atoms. The molecule has 3 aliphatic rings. The van der Waals surface area contributed by atoms with E-state index in [-0.39, 0.29) is 0 Å². The van der Waals surface area contributed by atoms with Crippen LogP contribution in [0.2, 0.25) is 39.3 Å². The van der Waals surface area contributed by atoms with E-state index in [4.69, 9.17) is 0 Å². The van der Waals surface area contributed by atoms with Gasteiger partial charge in [-0.1, -0.05) is 112 Å². The summed E-state index contributed by atoms with van der Waals surface area (Å²) >= 11 is 0. The van der Waals surface area contributed by atoms with E-state index < -0.39 is 24.2 Å². The molecule has 0 atom stereocenters. The third kappa shape index (κ3) is 4.03. The van der Waals surface area contributed by atoms with Gasteiger partial charge in [0.2, 0.25) is 0 Å². The molecule has 6 heteroatoms. The monoisotopic (exact) mass is 671 g/mol. The number of para-hydroxylation sites is 4. The molecular weight excluding hydrogens is 631 g/mol. The Labute approximate surface area is 287 Å². The number of nitrogens with one attached hydrogen (secondary N) is 1. The van der Waals surface area contributed by atoms with Gasteiger partial charge in [0.1, 0.15) is 24.2 Å². The van der Waals surface area contributed by atoms with Gasteiger partial charge in [0.05, 0.1) is 0 Å². The summed E-state index contributed by atoms with van der Waals surface area (Å²) in [6.45, 7) is 15.0. The Kier molecular flexibility index (Phi) is 6.26. The molecule has 0 amide bonds. The van der Waals surface area contributed by atoms with Crippen LogP contribution in [0.15, 0.2) is 133 Å². The van der Waals surface area contributed by atoms with Crippen LogP contribution in [0.25, 0.3) is 0 Å². The highest BCUT2D eigenvalue weighted by atomic mass is 28.3. The van der Waals surface area contributed by atoms with Crippen LogP contribution in [0.3, 0.4) is 0 Å². The first-order valence-electron chi connectivity index (χ1n) is 17.1. The minimum Gasteiger partial charge on any atom is -0.356 e. The largest absolute Gasteiger partial charge is 0.356 e. The Morgan fingerprint density at radius 1 is 0.354 bits per heavy atom. The van der Waals surface area contributed by atoms with Crippen molar-refractivity contribution < 1.29 is 0 Å². The quantitative estimate of drug-likeness (QED) is 0.190. The molecule has 0 spiro atoms. The summed E-state index contributed by atoms with van der Waals surface area (Å²) in [4.78, 5) is 5.04. The molecule has 3 heterocycles. The molecule has 0 aromatic heterocycles. The fourth-order valence-electron chi connectivity index (χ4n) is 8.78. The second kappa shape index (κ2) is 10.2. The summed E-state index contributed by atoms with van der Waals surface area (Å²) < 4.78 is 0. The van der Waals surface area contributed by atoms with Crippen molar-refractivity contribution >= 4 is 101 Å². The van der Waals surface area contributed by atoms with Gasteiger partial charge in [-0.2, -0.15) is 0 Å². The van der Waals surface area contributed by atoms with Gasteiger partial charge in [0.25, 0.3) is 0 Å². The molecule has 0 saturated heterocycles. The zero-order valence-electron chi connectivity index (χ0n) is 28.6. The second-order valence-corrected chi connectivity index (χ2v) is 28.2. The van der Waals surface area contributed by atoms with E-state index in [1.54, 1.807) is 0 Å². The van der Waals surface area contributed by atoms with Crippen molar-refractivity contribution in [2.75, 3.05) is 15.1 Å². The second-order valence-electron chi connectivity index (χ2n) is 15.2. The molecule has 0 aliphatic carbocycles. The van der Waals surface area contributed by atoms with Crippen molar-refractivity contribution in [3.05, 3.63) is 133 Å². The summed E-state index contributed by atoms with van der Waals surface area (Å²) in [5.41, 5.74) is 10.3. The molecule has 3 nitrogen and oxygen atoms in total. The van der Waals surface area contributed by atoms with Gasteiger partial charge in [-0.25, -0.2) is 0 Å². The van der Waals surface area contributed by atoms with Crippen LogP contribution in [-0.2, 0) is 0 Å². The molecule has 3 aliphatic heterocycles. The fraction of sp³-hybridized carbons (Fsp3) is 0.143. The average Bonchev–Trinajstić information content (AvgIpc) is 3.09. The van der Waals surface area contributed by atoms with Gasteiger partial charge in [-0.05, 0) is 91.8 Å². The van der Waals surface area contributed by atoms with Gasteiger partial charge >= 0.3 is 0 Å². The molecule has 48 heavy (non-hydrogen) atoms. The lowest BCUT2D eigenvalue weighted by atomic mass is 10.1. The van der Waals surface area contributed by atoms with Crippen LogP contribution in [-0.4, -0.2) is 24.2 Å². The summed E-state index contributed by atoms with van der Waals surface area (Å²) in [5, 5.41) is 12.8. The SMILES string of the molecule is C[Si]1(C)c2cc(N3c4ccccc4[Si](C)(C)c4ccccc43)ccc2Nc2ccc(N3c4ccccc4[Si](C)(C)c4ccccc43)cc21. The van der Waals surface area contributed by atoms with Crippen molar-refractivity contribution in [3.63, 3.8) is 0 Å². The van der Waals surface area contributed by atoms with E-state index in [1.165, 1.54) is 76.6 Å². The standard InChI is InChI=1S/C42H41N3Si3/c1-46(2)37-19-11-7-15-33(37)44(34-16-8-12-20-38(34)46)29-23-25-31-41(27-29)48(5,6)42-28-30(24-26-32(42)43-31)45-35-17-9-13-21-39(35)47(3,4)40-22-14-10-18-36(40)45/h7-28,43H,1-6H3. The Balaban J connectivity index is 1.18. The smallest absolute Gasteiger partial charge is 0.117 e. The predicted octanol–water partition coefficient (Wildman–Crippen LogP) is 7.78. The van der Waals surface area contributed by atoms with E-state index in [0.717, 1.165) is 0 Å². The molecule has 1 N–H and O–H groups in total. The van der Waals surface area contributed by atoms with E-state index >= 15 is 0 Å². The third-order valence-corrected chi connectivity index (χ3v) is 22.0. The molecule has 6 aromatic carbocycles. The van der Waals surface area contributed by atoms with Crippen molar-refractivity contribution in [2.24, 2.45) is 0 Å². The molecule has 6 aromatic rings. The molecule has 0 saturated carbocycles. The summed E-state index contributed by atoms with van der Waals surface area (Å²) in [6, 6.07) is 50.6. The van der Waals surface area contributed by atoms with Gasteiger partial charge < -0.3 is 15.1 Å². The Morgan fingerprint density at radius 3 is 0.979 bits per heavy atom. The zero-order chi connectivity index (χ0) is 33.0. The number of hydrogen-bond acceptors (Lipinski definition) is 3. The van der Waals surface area contributed by atoms with Gasteiger partial charge in [0.15, 0.2) is 0 Å². The molecular formula is C42H41N3Si3. The van der Waals surface area contributed by atoms with E-state index in [9.17, 15) is 0 Å². The maximum absolute atomic E-state index is 3.87. The van der Waals surface area contributed by atoms with E-state index in [1.807, 2.05) is 0 Å². The number of anilines is 8. The molecule has 236 valence electrons. The average molecular weight is 672 g/mol. The molecule has 0 unspecified atom stereocenters. The first kappa shape index (κ1) is 29.5. The number of fused-ring (bicyclic) bond motifs is 6. The van der Waals surface area contributed by atoms with Crippen molar-refractivity contribution in [1.82, 2.24) is 0 Å². The Bertz CT molecular complexity index is 2030. The lowest BCUT2D eigenvalue weighted by molar-refractivity contribution is 1.28. The van der Waals surface area contributed by atoms with Gasteiger partial charge in [0, 0.05) is 45.5 Å². The number of nitrogens with zero attached hydrogens (tertiary/aromatic N) is 2. The minimum atomic E-state index is -2.14. The number of hydrogen-bond donors (Lipinski definition) is 1. The van der Waals surface area contributed by atoms with E-state index in [0.29, 0.717) is 0 Å². The highest BCUT2D eigenvalue weighted by molar-refractivity contribution is 7.04. The van der Waals surface area contributed by atoms with Crippen LogP contribution in [0.4, 0.5) is 45.5 Å². The van der Waals surface area contributed by atoms with Gasteiger partial charge in [-0.15, -0.1) is 0 Å². The fourth-order valence-corrected chi connectivity index (χ4v) is 17.7. The summed E-state index contributed by atoms with van der Waals surface area (Å²) in [6.07, 6.45) is 0. The predicted molar refractivity (Wildman–Crippen MR) is 216 cm³/mol. The van der Waals surface area contributed by atoms with Crippen LogP contribution in [0, 0.1) is 0 Å². The van der Waals surface area contributed by atoms with Crippen LogP contribution >= 0.6 is 0 Å². The highest BCUT2D eigenvalue weighted by Gasteiger charge is 2.42. The number of benzene rings is 6. The molecule has 0 fully saturated rings. The topological polar surface area (TPSA) is 18.5 Å². The van der Waals surface area contributed by atoms with Crippen LogP contribution in [0.1, 0.15) is 0 Å². The third-order valence-electron chi connectivity index (χ3n) is 11.4. The lowest BCUT2D eigenvalue weighted by Crippen LogP contribution is -2.59. The maximum atomic E-state index is 3.87. The lowest BCUT2D eigenvalue weighted by Gasteiger charge is -2.42. The maximum Gasteiger partial charge on any atom is 0.117 e. The van der Waals surface area contributed by atoms with Crippen molar-refractivity contribution in [3.8, 4) is 0 Å². The normalized spacial score (nSPS) is 17.1. The molecule has 9 rings (SSSR count). The van der Waals surface area contributed by atoms with Crippen molar-refractivity contribution in [2.45, 2.75) is 39.3 Å². The summed E-state index contributed by atoms with van der Waals surface area (Å²) in [5.74, 6) is 0. The highest BCUT2D eigenvalue weighted by Crippen LogP contribution is 2.41. The van der Waals surface area contributed by atoms with Crippen molar-refractivity contribution in [1.29, 1.82) is 0 Å². The molecule has 0 radical (unpaired) electrons. The van der Waals surface area contributed by atoms with Crippen LogP contribution < -0.4 is 46.2 Å². The zero-order valence-corrected chi connectivity index (χ0v) is 31.6. The minimum absolute atomic E-state index is 1.24. The number of rotatable bonds is 2. The first-order valence-corrected chi connectivity index (χ1v) is 26.1. The van der Waals surface area contributed by atoms with Crippen LogP contribution in [0.5, 0.6) is 0 Å². The Morgan fingerprint density at radius 2 is 0.646 bits per heavy atom. The first-order chi connectivity index (χ1) is 23.1. The van der Waals surface area contributed by atoms with E-state index in [2.05, 4.69) is 188 Å².